The molecule has 0 aromatic carbocycles. The van der Waals surface area contributed by atoms with Crippen LogP contribution in [0.2, 0.25) is 0 Å². The third kappa shape index (κ3) is 3.19. The zero-order valence-corrected chi connectivity index (χ0v) is 12.0. The molecule has 1 unspecified atom stereocenters. The average Bonchev–Trinajstić information content (AvgIpc) is 2.47. The Labute approximate surface area is 118 Å². The topological polar surface area (TPSA) is 77.7 Å². The molecule has 0 saturated carbocycles. The van der Waals surface area contributed by atoms with Gasteiger partial charge in [0.05, 0.1) is 19.4 Å². The van der Waals surface area contributed by atoms with Gasteiger partial charge in [0.2, 0.25) is 0 Å². The molecule has 1 atom stereocenters. The molecule has 1 fully saturated rings. The molecule has 0 amide bonds. The second-order valence-electron chi connectivity index (χ2n) is 5.01. The van der Waals surface area contributed by atoms with Crippen molar-refractivity contribution >= 4 is 17.5 Å². The number of nitrogens with two attached hydrogens (primary N) is 1. The largest absolute Gasteiger partial charge is 0.464 e. The zero-order chi connectivity index (χ0) is 14.5. The number of rotatable bonds is 4. The molecule has 0 spiro atoms. The van der Waals surface area contributed by atoms with Gasteiger partial charge in [0.15, 0.2) is 11.5 Å². The lowest BCUT2D eigenvalue weighted by atomic mass is 9.99. The monoisotopic (exact) mass is 279 g/mol. The van der Waals surface area contributed by atoms with Gasteiger partial charge >= 0.3 is 5.97 Å². The third-order valence-corrected chi connectivity index (χ3v) is 3.52. The molecule has 6 heteroatoms. The molecule has 110 valence electrons. The lowest BCUT2D eigenvalue weighted by Gasteiger charge is -2.34. The molecule has 20 heavy (non-hydrogen) atoms. The van der Waals surface area contributed by atoms with Crippen LogP contribution in [0, 0.1) is 5.92 Å². The van der Waals surface area contributed by atoms with Crippen LogP contribution in [0.25, 0.3) is 0 Å². The van der Waals surface area contributed by atoms with Gasteiger partial charge in [-0.05, 0) is 30.9 Å². The molecule has 1 saturated heterocycles. The Kier molecular flexibility index (Phi) is 4.79. The van der Waals surface area contributed by atoms with Crippen molar-refractivity contribution in [3.05, 3.63) is 17.8 Å². The number of ether oxygens (including phenoxy) is 2. The molecule has 0 aliphatic carbocycles. The number of pyridine rings is 1. The van der Waals surface area contributed by atoms with Gasteiger partial charge in [-0.3, -0.25) is 0 Å². The Morgan fingerprint density at radius 2 is 2.30 bits per heavy atom. The van der Waals surface area contributed by atoms with Gasteiger partial charge in [-0.15, -0.1) is 0 Å². The van der Waals surface area contributed by atoms with Gasteiger partial charge in [-0.1, -0.05) is 0 Å². The highest BCUT2D eigenvalue weighted by molar-refractivity contribution is 5.88. The Hall–Kier alpha value is -1.82. The molecule has 2 N–H and O–H groups in total. The normalized spacial score (nSPS) is 18.9. The van der Waals surface area contributed by atoms with Gasteiger partial charge in [0.1, 0.15) is 0 Å². The molecule has 1 aromatic rings. The van der Waals surface area contributed by atoms with Crippen LogP contribution in [-0.2, 0) is 9.47 Å². The highest BCUT2D eigenvalue weighted by Gasteiger charge is 2.23. The Morgan fingerprint density at radius 3 is 3.00 bits per heavy atom. The number of nitrogens with zero attached hydrogens (tertiary/aromatic N) is 2. The summed E-state index contributed by atoms with van der Waals surface area (Å²) >= 11 is 0. The van der Waals surface area contributed by atoms with E-state index in [1.165, 1.54) is 7.11 Å². The fourth-order valence-corrected chi connectivity index (χ4v) is 2.56. The van der Waals surface area contributed by atoms with Crippen LogP contribution in [-0.4, -0.2) is 44.9 Å². The van der Waals surface area contributed by atoms with Crippen molar-refractivity contribution < 1.29 is 14.3 Å². The predicted octanol–water partition coefficient (Wildman–Crippen LogP) is 1.31. The van der Waals surface area contributed by atoms with Crippen LogP contribution in [0.15, 0.2) is 12.1 Å². The van der Waals surface area contributed by atoms with E-state index in [0.717, 1.165) is 32.5 Å². The smallest absolute Gasteiger partial charge is 0.356 e. The van der Waals surface area contributed by atoms with Crippen molar-refractivity contribution in [2.24, 2.45) is 5.92 Å². The average molecular weight is 279 g/mol. The maximum absolute atomic E-state index is 11.6. The summed E-state index contributed by atoms with van der Waals surface area (Å²) in [6.07, 6.45) is 2.21. The maximum Gasteiger partial charge on any atom is 0.356 e. The van der Waals surface area contributed by atoms with Crippen molar-refractivity contribution in [3.8, 4) is 0 Å². The van der Waals surface area contributed by atoms with Crippen LogP contribution >= 0.6 is 0 Å². The molecule has 1 aliphatic rings. The lowest BCUT2D eigenvalue weighted by Crippen LogP contribution is -2.38. The molecule has 1 aliphatic heterocycles. The molecule has 2 rings (SSSR count). The fraction of sp³-hybridized carbons (Fsp3) is 0.571. The summed E-state index contributed by atoms with van der Waals surface area (Å²) in [6, 6.07) is 3.29. The Bertz CT molecular complexity index is 477. The molecular formula is C14H21N3O3. The van der Waals surface area contributed by atoms with Gasteiger partial charge in [-0.25, -0.2) is 9.78 Å². The molecule has 0 bridgehead atoms. The summed E-state index contributed by atoms with van der Waals surface area (Å²) < 4.78 is 9.92. The van der Waals surface area contributed by atoms with Crippen molar-refractivity contribution in [3.63, 3.8) is 0 Å². The first-order chi connectivity index (χ1) is 9.65. The van der Waals surface area contributed by atoms with Crippen LogP contribution in [0.4, 0.5) is 11.5 Å². The number of esters is 1. The van der Waals surface area contributed by atoms with E-state index in [4.69, 9.17) is 15.2 Å². The van der Waals surface area contributed by atoms with E-state index in [2.05, 4.69) is 9.88 Å². The lowest BCUT2D eigenvalue weighted by molar-refractivity contribution is 0.0594. The highest BCUT2D eigenvalue weighted by atomic mass is 16.5. The summed E-state index contributed by atoms with van der Waals surface area (Å²) in [4.78, 5) is 18.0. The number of nitrogen functional groups attached to an aromatic ring is 1. The van der Waals surface area contributed by atoms with Crippen LogP contribution in [0.3, 0.4) is 0 Å². The minimum Gasteiger partial charge on any atom is -0.464 e. The van der Waals surface area contributed by atoms with Crippen molar-refractivity contribution in [2.75, 3.05) is 44.5 Å². The molecule has 2 heterocycles. The van der Waals surface area contributed by atoms with E-state index in [9.17, 15) is 4.79 Å². The van der Waals surface area contributed by atoms with Gasteiger partial charge in [0, 0.05) is 20.2 Å². The van der Waals surface area contributed by atoms with Crippen LogP contribution < -0.4 is 10.6 Å². The third-order valence-electron chi connectivity index (χ3n) is 3.52. The summed E-state index contributed by atoms with van der Waals surface area (Å²) in [6.45, 7) is 2.46. The van der Waals surface area contributed by atoms with E-state index >= 15 is 0 Å². The number of anilines is 2. The molecule has 6 nitrogen and oxygen atoms in total. The van der Waals surface area contributed by atoms with E-state index in [-0.39, 0.29) is 5.69 Å². The summed E-state index contributed by atoms with van der Waals surface area (Å²) in [5, 5.41) is 0. The van der Waals surface area contributed by atoms with Gasteiger partial charge < -0.3 is 20.1 Å². The van der Waals surface area contributed by atoms with E-state index in [1.807, 2.05) is 0 Å². The summed E-state index contributed by atoms with van der Waals surface area (Å²) in [7, 11) is 3.05. The van der Waals surface area contributed by atoms with Crippen LogP contribution in [0.5, 0.6) is 0 Å². The molecule has 0 radical (unpaired) electrons. The maximum atomic E-state index is 11.6. The first kappa shape index (κ1) is 14.6. The van der Waals surface area contributed by atoms with Gasteiger partial charge in [-0.2, -0.15) is 0 Å². The van der Waals surface area contributed by atoms with E-state index in [1.54, 1.807) is 19.2 Å². The quantitative estimate of drug-likeness (QED) is 0.837. The number of hydrogen-bond donors (Lipinski definition) is 1. The van der Waals surface area contributed by atoms with Crippen LogP contribution in [0.1, 0.15) is 23.3 Å². The SMILES string of the molecule is COCC1CCCN(c2nc(C(=O)OC)ccc2N)C1. The summed E-state index contributed by atoms with van der Waals surface area (Å²) in [5.41, 5.74) is 6.86. The van der Waals surface area contributed by atoms with E-state index in [0.29, 0.717) is 17.4 Å². The molecule has 1 aromatic heterocycles. The zero-order valence-electron chi connectivity index (χ0n) is 12.0. The first-order valence-electron chi connectivity index (χ1n) is 6.74. The fourth-order valence-electron chi connectivity index (χ4n) is 2.56. The second kappa shape index (κ2) is 6.56. The highest BCUT2D eigenvalue weighted by Crippen LogP contribution is 2.26. The van der Waals surface area contributed by atoms with E-state index < -0.39 is 5.97 Å². The number of piperidine rings is 1. The standard InChI is InChI=1S/C14H21N3O3/c1-19-9-10-4-3-7-17(8-10)13-11(15)5-6-12(16-13)14(18)20-2/h5-6,10H,3-4,7-9,15H2,1-2H3. The first-order valence-corrected chi connectivity index (χ1v) is 6.74. The Balaban J connectivity index is 2.20. The summed E-state index contributed by atoms with van der Waals surface area (Å²) in [5.74, 6) is 0.683. The number of carbonyl (C=O) groups excluding carboxylic acids is 1. The van der Waals surface area contributed by atoms with Crippen molar-refractivity contribution in [2.45, 2.75) is 12.8 Å². The number of hydrogen-bond acceptors (Lipinski definition) is 6. The Morgan fingerprint density at radius 1 is 1.50 bits per heavy atom. The predicted molar refractivity (Wildman–Crippen MR) is 76.8 cm³/mol. The number of carbonyl (C=O) groups is 1. The minimum absolute atomic E-state index is 0.283. The number of aromatic nitrogens is 1. The van der Waals surface area contributed by atoms with Crippen molar-refractivity contribution in [1.29, 1.82) is 0 Å². The number of methoxy groups -OCH3 is 2. The molecular weight excluding hydrogens is 258 g/mol. The second-order valence-corrected chi connectivity index (χ2v) is 5.01. The van der Waals surface area contributed by atoms with Gasteiger partial charge in [0.25, 0.3) is 0 Å². The minimum atomic E-state index is -0.447. The van der Waals surface area contributed by atoms with Crippen molar-refractivity contribution in [1.82, 2.24) is 4.98 Å².